The fourth-order valence-electron chi connectivity index (χ4n) is 2.83. The van der Waals surface area contributed by atoms with E-state index in [9.17, 15) is 14.4 Å². The maximum Gasteiger partial charge on any atom is 0.337 e. The Morgan fingerprint density at radius 2 is 1.88 bits per heavy atom. The highest BCUT2D eigenvalue weighted by atomic mass is 35.5. The summed E-state index contributed by atoms with van der Waals surface area (Å²) in [4.78, 5) is 37.8. The molecule has 0 radical (unpaired) electrons. The minimum atomic E-state index is -0.449. The van der Waals surface area contributed by atoms with Gasteiger partial charge in [-0.2, -0.15) is 0 Å². The summed E-state index contributed by atoms with van der Waals surface area (Å²) in [6.45, 7) is 0.563. The van der Waals surface area contributed by atoms with Gasteiger partial charge in [-0.25, -0.2) is 4.79 Å². The second-order valence-electron chi connectivity index (χ2n) is 5.83. The van der Waals surface area contributed by atoms with Crippen LogP contribution in [0.4, 0.5) is 11.4 Å². The zero-order valence-corrected chi connectivity index (χ0v) is 14.9. The molecule has 0 aliphatic carbocycles. The Hall–Kier alpha value is -2.86. The van der Waals surface area contributed by atoms with E-state index in [4.69, 9.17) is 11.6 Å². The molecule has 3 rings (SSSR count). The van der Waals surface area contributed by atoms with Crippen LogP contribution in [-0.4, -0.2) is 31.4 Å². The van der Waals surface area contributed by atoms with Crippen molar-refractivity contribution in [2.75, 3.05) is 23.9 Å². The van der Waals surface area contributed by atoms with E-state index in [2.05, 4.69) is 10.1 Å². The molecule has 2 aromatic rings. The highest BCUT2D eigenvalue weighted by Crippen LogP contribution is 2.29. The number of amides is 2. The first-order chi connectivity index (χ1) is 12.5. The van der Waals surface area contributed by atoms with Gasteiger partial charge in [-0.15, -0.1) is 0 Å². The molecule has 0 spiro atoms. The molecular weight excluding hydrogens is 356 g/mol. The van der Waals surface area contributed by atoms with E-state index in [1.807, 2.05) is 0 Å². The van der Waals surface area contributed by atoms with Gasteiger partial charge in [0.2, 0.25) is 5.91 Å². The lowest BCUT2D eigenvalue weighted by Gasteiger charge is -2.19. The molecule has 7 heteroatoms. The standard InChI is InChI=1S/C19H17ClN2O4/c1-26-19(25)12-4-7-14(8-5-12)21-18(24)15-9-6-13(20)11-16(15)22-10-2-3-17(22)23/h4-9,11H,2-3,10H2,1H3,(H,21,24). The summed E-state index contributed by atoms with van der Waals surface area (Å²) < 4.78 is 4.64. The zero-order chi connectivity index (χ0) is 18.7. The van der Waals surface area contributed by atoms with Gasteiger partial charge < -0.3 is 15.0 Å². The number of nitrogens with one attached hydrogen (secondary N) is 1. The minimum Gasteiger partial charge on any atom is -0.465 e. The maximum absolute atomic E-state index is 12.7. The predicted octanol–water partition coefficient (Wildman–Crippen LogP) is 3.51. The molecule has 2 aromatic carbocycles. The van der Waals surface area contributed by atoms with Crippen LogP contribution in [0.2, 0.25) is 5.02 Å². The third kappa shape index (κ3) is 3.70. The molecule has 1 heterocycles. The number of anilines is 2. The summed E-state index contributed by atoms with van der Waals surface area (Å²) in [5.41, 5.74) is 1.78. The van der Waals surface area contributed by atoms with Crippen LogP contribution < -0.4 is 10.2 Å². The van der Waals surface area contributed by atoms with Crippen molar-refractivity contribution in [2.45, 2.75) is 12.8 Å². The molecule has 0 atom stereocenters. The molecule has 134 valence electrons. The van der Waals surface area contributed by atoms with Gasteiger partial charge in [-0.05, 0) is 48.9 Å². The van der Waals surface area contributed by atoms with Crippen LogP contribution in [0.5, 0.6) is 0 Å². The van der Waals surface area contributed by atoms with Crippen LogP contribution >= 0.6 is 11.6 Å². The Morgan fingerprint density at radius 1 is 1.15 bits per heavy atom. The molecule has 1 fully saturated rings. The summed E-state index contributed by atoms with van der Waals surface area (Å²) in [5, 5.41) is 3.23. The van der Waals surface area contributed by atoms with Gasteiger partial charge in [-0.3, -0.25) is 9.59 Å². The van der Waals surface area contributed by atoms with E-state index in [0.29, 0.717) is 40.5 Å². The number of rotatable bonds is 4. The van der Waals surface area contributed by atoms with Crippen LogP contribution in [0.3, 0.4) is 0 Å². The molecule has 1 aliphatic rings. The van der Waals surface area contributed by atoms with Crippen LogP contribution in [0.15, 0.2) is 42.5 Å². The quantitative estimate of drug-likeness (QED) is 0.833. The second kappa shape index (κ2) is 7.58. The van der Waals surface area contributed by atoms with Crippen molar-refractivity contribution in [1.82, 2.24) is 0 Å². The highest BCUT2D eigenvalue weighted by molar-refractivity contribution is 6.31. The van der Waals surface area contributed by atoms with Crippen molar-refractivity contribution in [1.29, 1.82) is 0 Å². The highest BCUT2D eigenvalue weighted by Gasteiger charge is 2.26. The van der Waals surface area contributed by atoms with E-state index < -0.39 is 5.97 Å². The van der Waals surface area contributed by atoms with Crippen molar-refractivity contribution in [3.8, 4) is 0 Å². The van der Waals surface area contributed by atoms with Crippen LogP contribution in [0, 0.1) is 0 Å². The monoisotopic (exact) mass is 372 g/mol. The number of carbonyl (C=O) groups excluding carboxylic acids is 3. The van der Waals surface area contributed by atoms with Crippen molar-refractivity contribution >= 4 is 40.8 Å². The molecule has 2 amide bonds. The summed E-state index contributed by atoms with van der Waals surface area (Å²) in [5.74, 6) is -0.832. The molecule has 6 nitrogen and oxygen atoms in total. The summed E-state index contributed by atoms with van der Waals surface area (Å²) in [6.07, 6.45) is 1.21. The fourth-order valence-corrected chi connectivity index (χ4v) is 3.00. The molecular formula is C19H17ClN2O4. The van der Waals surface area contributed by atoms with Gasteiger partial charge in [0.15, 0.2) is 0 Å². The summed E-state index contributed by atoms with van der Waals surface area (Å²) >= 11 is 6.06. The number of hydrogen-bond acceptors (Lipinski definition) is 4. The fraction of sp³-hybridized carbons (Fsp3) is 0.211. The third-order valence-electron chi connectivity index (χ3n) is 4.13. The number of benzene rings is 2. The molecule has 0 saturated carbocycles. The van der Waals surface area contributed by atoms with E-state index in [1.54, 1.807) is 47.4 Å². The summed E-state index contributed by atoms with van der Waals surface area (Å²) in [6, 6.07) is 11.2. The average molecular weight is 373 g/mol. The Bertz CT molecular complexity index is 864. The first kappa shape index (κ1) is 17.9. The smallest absolute Gasteiger partial charge is 0.337 e. The number of esters is 1. The molecule has 1 aliphatic heterocycles. The number of hydrogen-bond donors (Lipinski definition) is 1. The number of ether oxygens (including phenoxy) is 1. The second-order valence-corrected chi connectivity index (χ2v) is 6.27. The number of methoxy groups -OCH3 is 1. The summed E-state index contributed by atoms with van der Waals surface area (Å²) in [7, 11) is 1.31. The zero-order valence-electron chi connectivity index (χ0n) is 14.1. The Morgan fingerprint density at radius 3 is 2.50 bits per heavy atom. The van der Waals surface area contributed by atoms with Crippen LogP contribution in [0.25, 0.3) is 0 Å². The van der Waals surface area contributed by atoms with Gasteiger partial charge in [0.1, 0.15) is 0 Å². The van der Waals surface area contributed by atoms with E-state index >= 15 is 0 Å². The lowest BCUT2D eigenvalue weighted by molar-refractivity contribution is -0.117. The topological polar surface area (TPSA) is 75.7 Å². The number of halogens is 1. The van der Waals surface area contributed by atoms with Crippen molar-refractivity contribution in [3.63, 3.8) is 0 Å². The van der Waals surface area contributed by atoms with Crippen LogP contribution in [0.1, 0.15) is 33.6 Å². The lowest BCUT2D eigenvalue weighted by atomic mass is 10.1. The number of carbonyl (C=O) groups is 3. The van der Waals surface area contributed by atoms with E-state index in [0.717, 1.165) is 6.42 Å². The largest absolute Gasteiger partial charge is 0.465 e. The van der Waals surface area contributed by atoms with Gasteiger partial charge in [0.05, 0.1) is 23.9 Å². The average Bonchev–Trinajstić information content (AvgIpc) is 3.07. The lowest BCUT2D eigenvalue weighted by Crippen LogP contribution is -2.27. The van der Waals surface area contributed by atoms with Crippen molar-refractivity contribution in [2.24, 2.45) is 0 Å². The Kier molecular flexibility index (Phi) is 5.23. The Labute approximate surface area is 155 Å². The van der Waals surface area contributed by atoms with Crippen molar-refractivity contribution < 1.29 is 19.1 Å². The maximum atomic E-state index is 12.7. The molecule has 0 bridgehead atoms. The minimum absolute atomic E-state index is 0.0243. The van der Waals surface area contributed by atoms with E-state index in [1.165, 1.54) is 7.11 Å². The van der Waals surface area contributed by atoms with E-state index in [-0.39, 0.29) is 11.8 Å². The normalized spacial score (nSPS) is 13.6. The molecule has 1 saturated heterocycles. The third-order valence-corrected chi connectivity index (χ3v) is 4.37. The van der Waals surface area contributed by atoms with Gasteiger partial charge in [0.25, 0.3) is 5.91 Å². The first-order valence-corrected chi connectivity index (χ1v) is 8.47. The van der Waals surface area contributed by atoms with Gasteiger partial charge >= 0.3 is 5.97 Å². The molecule has 1 N–H and O–H groups in total. The molecule has 0 unspecified atom stereocenters. The molecule has 26 heavy (non-hydrogen) atoms. The SMILES string of the molecule is COC(=O)c1ccc(NC(=O)c2ccc(Cl)cc2N2CCCC2=O)cc1. The first-order valence-electron chi connectivity index (χ1n) is 8.09. The Balaban J connectivity index is 1.84. The molecule has 0 aromatic heterocycles. The van der Waals surface area contributed by atoms with Crippen molar-refractivity contribution in [3.05, 3.63) is 58.6 Å². The number of nitrogens with zero attached hydrogens (tertiary/aromatic N) is 1. The van der Waals surface area contributed by atoms with Crippen LogP contribution in [-0.2, 0) is 9.53 Å². The van der Waals surface area contributed by atoms with Gasteiger partial charge in [0, 0.05) is 23.7 Å². The predicted molar refractivity (Wildman–Crippen MR) is 98.8 cm³/mol. The van der Waals surface area contributed by atoms with Gasteiger partial charge in [-0.1, -0.05) is 11.6 Å².